The van der Waals surface area contributed by atoms with E-state index in [4.69, 9.17) is 11.6 Å². The molecule has 1 aliphatic heterocycles. The van der Waals surface area contributed by atoms with Crippen LogP contribution in [0.15, 0.2) is 12.3 Å². The molecule has 0 unspecified atom stereocenters. The quantitative estimate of drug-likeness (QED) is 0.929. The van der Waals surface area contributed by atoms with Crippen LogP contribution >= 0.6 is 11.6 Å². The van der Waals surface area contributed by atoms with Crippen LogP contribution in [0.5, 0.6) is 0 Å². The van der Waals surface area contributed by atoms with Gasteiger partial charge in [0.15, 0.2) is 0 Å². The normalized spacial score (nSPS) is 17.6. The second-order valence-electron chi connectivity index (χ2n) is 4.97. The molecule has 7 heteroatoms. The molecule has 0 aromatic carbocycles. The van der Waals surface area contributed by atoms with Crippen molar-refractivity contribution in [2.75, 3.05) is 25.0 Å². The number of piperidine rings is 1. The van der Waals surface area contributed by atoms with Crippen molar-refractivity contribution in [2.45, 2.75) is 25.6 Å². The molecule has 1 aliphatic rings. The highest BCUT2D eigenvalue weighted by Crippen LogP contribution is 2.35. The number of pyridine rings is 1. The average Bonchev–Trinajstić information content (AvgIpc) is 2.41. The fourth-order valence-electron chi connectivity index (χ4n) is 2.40. The van der Waals surface area contributed by atoms with Crippen molar-refractivity contribution >= 4 is 17.4 Å². The molecule has 1 fully saturated rings. The minimum absolute atomic E-state index is 0.120. The van der Waals surface area contributed by atoms with Crippen LogP contribution in [0.4, 0.5) is 19.0 Å². The van der Waals surface area contributed by atoms with Crippen LogP contribution in [0.1, 0.15) is 18.4 Å². The van der Waals surface area contributed by atoms with Gasteiger partial charge in [-0.2, -0.15) is 13.2 Å². The van der Waals surface area contributed by atoms with E-state index < -0.39 is 12.1 Å². The summed E-state index contributed by atoms with van der Waals surface area (Å²) in [6, 6.07) is 1.84. The summed E-state index contributed by atoms with van der Waals surface area (Å²) in [4.78, 5) is 6.10. The van der Waals surface area contributed by atoms with Crippen LogP contribution in [0.3, 0.4) is 0 Å². The van der Waals surface area contributed by atoms with E-state index in [2.05, 4.69) is 10.3 Å². The lowest BCUT2D eigenvalue weighted by atomic mass is 9.96. The maximum absolute atomic E-state index is 12.6. The van der Waals surface area contributed by atoms with E-state index in [1.54, 1.807) is 6.20 Å². The standard InChI is InChI=1S/C13H17ClF3N3/c1-18-7-9-6-12(19-8-11(9)14)20-4-2-10(3-5-20)13(15,16)17/h6,8,10,18H,2-5,7H2,1H3. The van der Waals surface area contributed by atoms with Gasteiger partial charge < -0.3 is 10.2 Å². The summed E-state index contributed by atoms with van der Waals surface area (Å²) in [6.45, 7) is 1.35. The predicted molar refractivity (Wildman–Crippen MR) is 73.0 cm³/mol. The Labute approximate surface area is 121 Å². The molecule has 112 valence electrons. The van der Waals surface area contributed by atoms with Gasteiger partial charge in [0.1, 0.15) is 5.82 Å². The SMILES string of the molecule is CNCc1cc(N2CCC(C(F)(F)F)CC2)ncc1Cl. The Morgan fingerprint density at radius 1 is 1.40 bits per heavy atom. The summed E-state index contributed by atoms with van der Waals surface area (Å²) in [7, 11) is 1.81. The molecular formula is C13H17ClF3N3. The molecule has 2 heterocycles. The molecule has 1 N–H and O–H groups in total. The van der Waals surface area contributed by atoms with Crippen LogP contribution in [0.2, 0.25) is 5.02 Å². The molecule has 3 nitrogen and oxygen atoms in total. The molecule has 0 spiro atoms. The topological polar surface area (TPSA) is 28.2 Å². The van der Waals surface area contributed by atoms with Gasteiger partial charge in [0.05, 0.1) is 10.9 Å². The second kappa shape index (κ2) is 6.18. The number of alkyl halides is 3. The van der Waals surface area contributed by atoms with Gasteiger partial charge in [-0.05, 0) is 31.5 Å². The van der Waals surface area contributed by atoms with Crippen molar-refractivity contribution in [2.24, 2.45) is 5.92 Å². The van der Waals surface area contributed by atoms with Crippen molar-refractivity contribution in [1.29, 1.82) is 0 Å². The summed E-state index contributed by atoms with van der Waals surface area (Å²) >= 11 is 6.03. The van der Waals surface area contributed by atoms with Crippen molar-refractivity contribution in [3.63, 3.8) is 0 Å². The fraction of sp³-hybridized carbons (Fsp3) is 0.615. The number of halogens is 4. The van der Waals surface area contributed by atoms with Gasteiger partial charge in [-0.25, -0.2) is 4.98 Å². The highest BCUT2D eigenvalue weighted by atomic mass is 35.5. The van der Waals surface area contributed by atoms with E-state index in [0.717, 1.165) is 5.56 Å². The number of nitrogens with one attached hydrogen (secondary N) is 1. The number of rotatable bonds is 3. The molecule has 2 rings (SSSR count). The third-order valence-electron chi connectivity index (χ3n) is 3.57. The average molecular weight is 308 g/mol. The van der Waals surface area contributed by atoms with Crippen LogP contribution in [-0.4, -0.2) is 31.3 Å². The first kappa shape index (κ1) is 15.4. The van der Waals surface area contributed by atoms with Gasteiger partial charge >= 0.3 is 6.18 Å². The number of hydrogen-bond acceptors (Lipinski definition) is 3. The summed E-state index contributed by atoms with van der Waals surface area (Å²) < 4.78 is 37.9. The van der Waals surface area contributed by atoms with E-state index >= 15 is 0 Å². The van der Waals surface area contributed by atoms with Crippen LogP contribution < -0.4 is 10.2 Å². The molecule has 0 bridgehead atoms. The molecule has 0 amide bonds. The molecule has 1 aromatic rings. The van der Waals surface area contributed by atoms with Gasteiger partial charge in [-0.3, -0.25) is 0 Å². The summed E-state index contributed by atoms with van der Waals surface area (Å²) in [6.07, 6.45) is -2.29. The van der Waals surface area contributed by atoms with Crippen LogP contribution in [0.25, 0.3) is 0 Å². The van der Waals surface area contributed by atoms with Crippen molar-refractivity contribution in [3.05, 3.63) is 22.8 Å². The number of nitrogens with zero attached hydrogens (tertiary/aromatic N) is 2. The lowest BCUT2D eigenvalue weighted by molar-refractivity contribution is -0.179. The Hall–Kier alpha value is -1.01. The van der Waals surface area contributed by atoms with E-state index in [1.807, 2.05) is 18.0 Å². The summed E-state index contributed by atoms with van der Waals surface area (Å²) in [5.74, 6) is -0.497. The molecule has 1 saturated heterocycles. The number of hydrogen-bond donors (Lipinski definition) is 1. The molecule has 0 saturated carbocycles. The predicted octanol–water partition coefficient (Wildman–Crippen LogP) is 3.23. The van der Waals surface area contributed by atoms with Gasteiger partial charge in [0, 0.05) is 25.8 Å². The second-order valence-corrected chi connectivity index (χ2v) is 5.37. The van der Waals surface area contributed by atoms with Gasteiger partial charge in [0.2, 0.25) is 0 Å². The van der Waals surface area contributed by atoms with Gasteiger partial charge in [-0.1, -0.05) is 11.6 Å². The largest absolute Gasteiger partial charge is 0.391 e. The third-order valence-corrected chi connectivity index (χ3v) is 3.91. The maximum atomic E-state index is 12.6. The Bertz CT molecular complexity index is 457. The molecule has 20 heavy (non-hydrogen) atoms. The minimum atomic E-state index is -4.09. The summed E-state index contributed by atoms with van der Waals surface area (Å²) in [5, 5.41) is 3.57. The van der Waals surface area contributed by atoms with Gasteiger partial charge in [0.25, 0.3) is 0 Å². The van der Waals surface area contributed by atoms with E-state index in [9.17, 15) is 13.2 Å². The zero-order valence-corrected chi connectivity index (χ0v) is 11.9. The van der Waals surface area contributed by atoms with Gasteiger partial charge in [-0.15, -0.1) is 0 Å². The third kappa shape index (κ3) is 3.55. The van der Waals surface area contributed by atoms with Crippen LogP contribution in [0, 0.1) is 5.92 Å². The van der Waals surface area contributed by atoms with E-state index in [0.29, 0.717) is 30.5 Å². The first-order chi connectivity index (χ1) is 9.41. The zero-order chi connectivity index (χ0) is 14.8. The smallest absolute Gasteiger partial charge is 0.357 e. The first-order valence-electron chi connectivity index (χ1n) is 6.52. The van der Waals surface area contributed by atoms with Crippen LogP contribution in [-0.2, 0) is 6.54 Å². The maximum Gasteiger partial charge on any atom is 0.391 e. The Kier molecular flexibility index (Phi) is 4.75. The number of aromatic nitrogens is 1. The fourth-order valence-corrected chi connectivity index (χ4v) is 2.57. The monoisotopic (exact) mass is 307 g/mol. The highest BCUT2D eigenvalue weighted by Gasteiger charge is 2.41. The number of anilines is 1. The van der Waals surface area contributed by atoms with Crippen molar-refractivity contribution in [1.82, 2.24) is 10.3 Å². The minimum Gasteiger partial charge on any atom is -0.357 e. The Balaban J connectivity index is 2.05. The lowest BCUT2D eigenvalue weighted by Gasteiger charge is -2.33. The highest BCUT2D eigenvalue weighted by molar-refractivity contribution is 6.31. The van der Waals surface area contributed by atoms with E-state index in [-0.39, 0.29) is 12.8 Å². The summed E-state index contributed by atoms with van der Waals surface area (Å²) in [5.41, 5.74) is 0.900. The Morgan fingerprint density at radius 3 is 2.60 bits per heavy atom. The lowest BCUT2D eigenvalue weighted by Crippen LogP contribution is -2.39. The molecule has 0 radical (unpaired) electrons. The Morgan fingerprint density at radius 2 is 2.05 bits per heavy atom. The first-order valence-corrected chi connectivity index (χ1v) is 6.90. The molecular weight excluding hydrogens is 291 g/mol. The molecule has 0 aliphatic carbocycles. The van der Waals surface area contributed by atoms with Crippen molar-refractivity contribution in [3.8, 4) is 0 Å². The molecule has 1 aromatic heterocycles. The molecule has 0 atom stereocenters. The van der Waals surface area contributed by atoms with E-state index in [1.165, 1.54) is 0 Å². The van der Waals surface area contributed by atoms with Crippen molar-refractivity contribution < 1.29 is 13.2 Å². The zero-order valence-electron chi connectivity index (χ0n) is 11.2.